The summed E-state index contributed by atoms with van der Waals surface area (Å²) in [5.74, 6) is 0. The second kappa shape index (κ2) is 4.43. The molecule has 0 aliphatic rings. The topological polar surface area (TPSA) is 15.6 Å². The minimum absolute atomic E-state index is 0.600. The molecule has 0 spiro atoms. The van der Waals surface area contributed by atoms with Crippen LogP contribution in [-0.4, -0.2) is 51.1 Å². The molecule has 0 N–H and O–H groups in total. The monoisotopic (exact) mass is 224 g/mol. The first-order valence-corrected chi connectivity index (χ1v) is 10.9. The van der Waals surface area contributed by atoms with Crippen molar-refractivity contribution in [3.05, 3.63) is 0 Å². The Bertz CT molecular complexity index is 210. The van der Waals surface area contributed by atoms with Gasteiger partial charge in [-0.3, -0.25) is 0 Å². The Kier molecular flexibility index (Phi) is 4.64. The van der Waals surface area contributed by atoms with Crippen LogP contribution in [0.1, 0.15) is 13.8 Å². The summed E-state index contributed by atoms with van der Waals surface area (Å²) in [7, 11) is -0.263. The first-order valence-electron chi connectivity index (χ1n) is 4.88. The van der Waals surface area contributed by atoms with Crippen LogP contribution in [0.3, 0.4) is 0 Å². The molecule has 0 unspecified atom stereocenters. The fraction of sp³-hybridized carbons (Fsp3) is 1.00. The number of rotatable bonds is 3. The van der Waals surface area contributed by atoms with Gasteiger partial charge in [0.15, 0.2) is 0 Å². The molecule has 0 atom stereocenters. The molecule has 0 aromatic heterocycles. The molecule has 0 aromatic carbocycles. The molecule has 0 saturated heterocycles. The van der Waals surface area contributed by atoms with Gasteiger partial charge >= 0.3 is 84.1 Å². The van der Waals surface area contributed by atoms with E-state index in [-0.39, 0.29) is 0 Å². The Balaban J connectivity index is 4.85. The summed E-state index contributed by atoms with van der Waals surface area (Å²) in [5, 5.41) is 0. The maximum absolute atomic E-state index is 5.04. The molecule has 0 radical (unpaired) electrons. The average molecular weight is 224 g/mol. The van der Waals surface area contributed by atoms with Crippen molar-refractivity contribution in [1.82, 2.24) is 4.67 Å². The van der Waals surface area contributed by atoms with Gasteiger partial charge in [-0.05, 0) is 0 Å². The Morgan fingerprint density at radius 1 is 1.15 bits per heavy atom. The van der Waals surface area contributed by atoms with E-state index in [0.29, 0.717) is 6.04 Å². The van der Waals surface area contributed by atoms with E-state index >= 15 is 0 Å². The van der Waals surface area contributed by atoms with E-state index in [9.17, 15) is 0 Å². The Morgan fingerprint density at radius 3 is 1.77 bits per heavy atom. The molecule has 0 heterocycles. The third kappa shape index (κ3) is 5.15. The van der Waals surface area contributed by atoms with Crippen LogP contribution in [0.4, 0.5) is 0 Å². The van der Waals surface area contributed by atoms with Crippen molar-refractivity contribution in [3.8, 4) is 0 Å². The second-order valence-corrected chi connectivity index (χ2v) is 13.7. The summed E-state index contributed by atoms with van der Waals surface area (Å²) in [6.07, 6.45) is 0. The first kappa shape index (κ1) is 13.6. The Labute approximate surface area is 84.6 Å². The molecule has 82 valence electrons. The van der Waals surface area contributed by atoms with Crippen molar-refractivity contribution in [2.75, 3.05) is 40.4 Å². The predicted molar refractivity (Wildman–Crippen MR) is 70.2 cm³/mol. The van der Waals surface area contributed by atoms with Crippen molar-refractivity contribution < 1.29 is 0 Å². The van der Waals surface area contributed by atoms with Crippen LogP contribution in [0.15, 0.2) is 4.52 Å². The zero-order chi connectivity index (χ0) is 10.9. The van der Waals surface area contributed by atoms with Gasteiger partial charge in [0.1, 0.15) is 0 Å². The Hall–Kier alpha value is 0.620. The van der Waals surface area contributed by atoms with Gasteiger partial charge in [-0.15, -0.1) is 0 Å². The van der Waals surface area contributed by atoms with Gasteiger partial charge in [0.25, 0.3) is 0 Å². The summed E-state index contributed by atoms with van der Waals surface area (Å²) >= 11 is 0. The summed E-state index contributed by atoms with van der Waals surface area (Å²) in [5.41, 5.74) is 0. The number of hydrogen-bond donors (Lipinski definition) is 0. The first-order chi connectivity index (χ1) is 5.56. The molecule has 13 heavy (non-hydrogen) atoms. The van der Waals surface area contributed by atoms with E-state index < -0.39 is 14.6 Å². The normalized spacial score (nSPS) is 15.2. The minimum atomic E-state index is -1.27. The van der Waals surface area contributed by atoms with Crippen LogP contribution < -0.4 is 0 Å². The van der Waals surface area contributed by atoms with Crippen LogP contribution in [0.25, 0.3) is 0 Å². The molecule has 0 aliphatic heterocycles. The average Bonchev–Trinajstić information content (AvgIpc) is 1.80. The zero-order valence-corrected chi connectivity index (χ0v) is 12.3. The number of nitrogens with zero attached hydrogens (tertiary/aromatic N) is 2. The van der Waals surface area contributed by atoms with Crippen molar-refractivity contribution in [1.29, 1.82) is 0 Å². The van der Waals surface area contributed by atoms with Crippen LogP contribution in [0.5, 0.6) is 0 Å². The van der Waals surface area contributed by atoms with Crippen molar-refractivity contribution in [3.63, 3.8) is 0 Å². The van der Waals surface area contributed by atoms with E-state index in [1.54, 1.807) is 0 Å². The molecule has 0 saturated carbocycles. The van der Waals surface area contributed by atoms with Gasteiger partial charge in [0.2, 0.25) is 0 Å². The molecule has 2 nitrogen and oxygen atoms in total. The summed E-state index contributed by atoms with van der Waals surface area (Å²) in [4.78, 5) is 0. The molecule has 0 amide bonds. The van der Waals surface area contributed by atoms with Crippen molar-refractivity contribution in [2.45, 2.75) is 19.9 Å². The van der Waals surface area contributed by atoms with E-state index in [0.717, 1.165) is 0 Å². The van der Waals surface area contributed by atoms with Gasteiger partial charge in [-0.25, -0.2) is 0 Å². The van der Waals surface area contributed by atoms with Gasteiger partial charge in [-0.2, -0.15) is 0 Å². The van der Waals surface area contributed by atoms with Crippen LogP contribution >= 0.6 is 14.6 Å². The van der Waals surface area contributed by atoms with E-state index in [4.69, 9.17) is 4.52 Å². The summed E-state index contributed by atoms with van der Waals surface area (Å²) < 4.78 is 7.47. The maximum atomic E-state index is 5.04. The number of hydrogen-bond acceptors (Lipinski definition) is 1. The quantitative estimate of drug-likeness (QED) is 0.672. The third-order valence-corrected chi connectivity index (χ3v) is 8.43. The summed E-state index contributed by atoms with van der Waals surface area (Å²) in [6, 6.07) is 0.600. The SMILES string of the molecule is CC(C)N(C)P(C)(C)=N[PH](C)(C)C. The van der Waals surface area contributed by atoms with Crippen molar-refractivity contribution in [2.24, 2.45) is 4.52 Å². The van der Waals surface area contributed by atoms with Gasteiger partial charge in [0, 0.05) is 0 Å². The summed E-state index contributed by atoms with van der Waals surface area (Å²) in [6.45, 7) is 16.0. The molecule has 0 rings (SSSR count). The van der Waals surface area contributed by atoms with Gasteiger partial charge in [-0.1, -0.05) is 0 Å². The zero-order valence-electron chi connectivity index (χ0n) is 10.4. The molecule has 0 fully saturated rings. The molecule has 4 heteroatoms. The van der Waals surface area contributed by atoms with Gasteiger partial charge in [0.05, 0.1) is 0 Å². The van der Waals surface area contributed by atoms with E-state index in [1.165, 1.54) is 0 Å². The molecular weight excluding hydrogens is 198 g/mol. The standard InChI is InChI=1S/C9H26N2P2/c1-9(2)11(3)13(7,8)10-12(4,5)6/h9,12H,1-8H3. The molecule has 0 aromatic rings. The van der Waals surface area contributed by atoms with Crippen LogP contribution in [0, 0.1) is 0 Å². The van der Waals surface area contributed by atoms with Crippen molar-refractivity contribution >= 4 is 14.6 Å². The predicted octanol–water partition coefficient (Wildman–Crippen LogP) is 3.26. The molecule has 0 bridgehead atoms. The van der Waals surface area contributed by atoms with Gasteiger partial charge < -0.3 is 0 Å². The molecule has 0 aliphatic carbocycles. The fourth-order valence-corrected chi connectivity index (χ4v) is 8.94. The van der Waals surface area contributed by atoms with E-state index in [2.05, 4.69) is 58.9 Å². The van der Waals surface area contributed by atoms with E-state index in [1.807, 2.05) is 0 Å². The van der Waals surface area contributed by atoms with Crippen LogP contribution in [0.2, 0.25) is 0 Å². The fourth-order valence-electron chi connectivity index (χ4n) is 1.37. The molecular formula is C9H26N2P2. The second-order valence-electron chi connectivity index (χ2n) is 5.27. The van der Waals surface area contributed by atoms with Crippen LogP contribution in [-0.2, 0) is 0 Å². The Morgan fingerprint density at radius 2 is 1.54 bits per heavy atom. The third-order valence-electron chi connectivity index (χ3n) is 2.06.